The topological polar surface area (TPSA) is 62.3 Å². The number of carbonyl (C=O) groups excluding carboxylic acids is 2. The molecule has 0 aliphatic heterocycles. The zero-order chi connectivity index (χ0) is 25.3. The molecule has 1 aromatic heterocycles. The number of benzene rings is 3. The van der Waals surface area contributed by atoms with Crippen molar-refractivity contribution in [3.8, 4) is 0 Å². The van der Waals surface area contributed by atoms with Gasteiger partial charge >= 0.3 is 0 Å². The summed E-state index contributed by atoms with van der Waals surface area (Å²) in [4.78, 5) is 31.6. The average Bonchev–Trinajstić information content (AvgIpc) is 2.89. The van der Waals surface area contributed by atoms with Crippen molar-refractivity contribution < 1.29 is 14.0 Å². The molecule has 2 amide bonds. The van der Waals surface area contributed by atoms with E-state index in [0.717, 1.165) is 22.4 Å². The molecule has 0 aliphatic carbocycles. The number of aryl methyl sites for hydroxylation is 1. The summed E-state index contributed by atoms with van der Waals surface area (Å²) in [7, 11) is 0. The van der Waals surface area contributed by atoms with Crippen molar-refractivity contribution in [3.05, 3.63) is 131 Å². The SMILES string of the molecule is Cc1ccc(CN(C(=O)c2cccc(F)c2)c2ccc(CC(=O)NCCc3ccccn3)cc2)cc1. The van der Waals surface area contributed by atoms with Gasteiger partial charge in [0, 0.05) is 36.1 Å². The molecular weight excluding hydrogens is 453 g/mol. The molecule has 5 nitrogen and oxygen atoms in total. The molecule has 0 aliphatic rings. The lowest BCUT2D eigenvalue weighted by molar-refractivity contribution is -0.120. The fourth-order valence-electron chi connectivity index (χ4n) is 3.85. The smallest absolute Gasteiger partial charge is 0.258 e. The van der Waals surface area contributed by atoms with Crippen LogP contribution in [0.25, 0.3) is 0 Å². The number of hydrogen-bond donors (Lipinski definition) is 1. The summed E-state index contributed by atoms with van der Waals surface area (Å²) in [5.41, 5.74) is 4.80. The lowest BCUT2D eigenvalue weighted by Crippen LogP contribution is -2.30. The van der Waals surface area contributed by atoms with E-state index >= 15 is 0 Å². The summed E-state index contributed by atoms with van der Waals surface area (Å²) < 4.78 is 13.8. The molecule has 0 saturated heterocycles. The molecule has 3 aromatic carbocycles. The summed E-state index contributed by atoms with van der Waals surface area (Å²) in [6, 6.07) is 26.7. The minimum Gasteiger partial charge on any atom is -0.355 e. The average molecular weight is 482 g/mol. The zero-order valence-corrected chi connectivity index (χ0v) is 20.2. The van der Waals surface area contributed by atoms with Gasteiger partial charge in [-0.15, -0.1) is 0 Å². The fraction of sp³-hybridized carbons (Fsp3) is 0.167. The molecule has 4 aromatic rings. The minimum atomic E-state index is -0.458. The second kappa shape index (κ2) is 11.9. The fourth-order valence-corrected chi connectivity index (χ4v) is 3.85. The van der Waals surface area contributed by atoms with Crippen LogP contribution in [0.1, 0.15) is 32.7 Å². The third kappa shape index (κ3) is 6.85. The van der Waals surface area contributed by atoms with E-state index in [9.17, 15) is 14.0 Å². The molecule has 0 unspecified atom stereocenters. The Kier molecular flexibility index (Phi) is 8.19. The largest absolute Gasteiger partial charge is 0.355 e. The molecule has 4 rings (SSSR count). The van der Waals surface area contributed by atoms with Crippen LogP contribution in [0.3, 0.4) is 0 Å². The third-order valence-corrected chi connectivity index (χ3v) is 5.82. The van der Waals surface area contributed by atoms with E-state index in [2.05, 4.69) is 10.3 Å². The van der Waals surface area contributed by atoms with Crippen LogP contribution >= 0.6 is 0 Å². The molecule has 0 saturated carbocycles. The Morgan fingerprint density at radius 1 is 0.889 bits per heavy atom. The van der Waals surface area contributed by atoms with Crippen LogP contribution in [0.15, 0.2) is 97.2 Å². The van der Waals surface area contributed by atoms with Gasteiger partial charge in [0.05, 0.1) is 13.0 Å². The van der Waals surface area contributed by atoms with Gasteiger partial charge in [-0.2, -0.15) is 0 Å². The highest BCUT2D eigenvalue weighted by Crippen LogP contribution is 2.22. The first-order valence-electron chi connectivity index (χ1n) is 11.9. The van der Waals surface area contributed by atoms with Gasteiger partial charge in [0.25, 0.3) is 5.91 Å². The number of rotatable bonds is 9. The summed E-state index contributed by atoms with van der Waals surface area (Å²) in [5.74, 6) is -0.832. The number of halogens is 1. The Morgan fingerprint density at radius 3 is 2.33 bits per heavy atom. The summed E-state index contributed by atoms with van der Waals surface area (Å²) in [6.45, 7) is 2.86. The van der Waals surface area contributed by atoms with Crippen LogP contribution in [-0.2, 0) is 24.2 Å². The predicted molar refractivity (Wildman–Crippen MR) is 139 cm³/mol. The van der Waals surface area contributed by atoms with Gasteiger partial charge in [0.2, 0.25) is 5.91 Å². The summed E-state index contributed by atoms with van der Waals surface area (Å²) in [5, 5.41) is 2.92. The van der Waals surface area contributed by atoms with E-state index in [1.165, 1.54) is 18.2 Å². The second-order valence-corrected chi connectivity index (χ2v) is 8.65. The van der Waals surface area contributed by atoms with Gasteiger partial charge in [-0.1, -0.05) is 54.1 Å². The highest BCUT2D eigenvalue weighted by atomic mass is 19.1. The first-order chi connectivity index (χ1) is 17.5. The maximum absolute atomic E-state index is 13.8. The number of amides is 2. The highest BCUT2D eigenvalue weighted by molar-refractivity contribution is 6.06. The Hall–Kier alpha value is -4.32. The standard InChI is InChI=1S/C30H28FN3O2/c1-22-8-10-24(11-9-22)21-34(30(36)25-5-4-6-26(31)20-25)28-14-12-23(13-15-28)19-29(35)33-18-16-27-7-2-3-17-32-27/h2-15,17,20H,16,18-19,21H2,1H3,(H,33,35). The number of aromatic nitrogens is 1. The van der Waals surface area contributed by atoms with Crippen molar-refractivity contribution in [2.75, 3.05) is 11.4 Å². The maximum atomic E-state index is 13.8. The van der Waals surface area contributed by atoms with Gasteiger partial charge in [-0.3, -0.25) is 14.6 Å². The van der Waals surface area contributed by atoms with E-state index in [0.29, 0.717) is 25.2 Å². The van der Waals surface area contributed by atoms with E-state index < -0.39 is 5.82 Å². The van der Waals surface area contributed by atoms with Gasteiger partial charge in [0.1, 0.15) is 5.82 Å². The molecule has 182 valence electrons. The highest BCUT2D eigenvalue weighted by Gasteiger charge is 2.19. The summed E-state index contributed by atoms with van der Waals surface area (Å²) in [6.07, 6.45) is 2.64. The van der Waals surface area contributed by atoms with Crippen LogP contribution < -0.4 is 10.2 Å². The molecule has 1 heterocycles. The van der Waals surface area contributed by atoms with Gasteiger partial charge in [-0.25, -0.2) is 4.39 Å². The Morgan fingerprint density at radius 2 is 1.64 bits per heavy atom. The lowest BCUT2D eigenvalue weighted by Gasteiger charge is -2.24. The van der Waals surface area contributed by atoms with Crippen molar-refractivity contribution in [1.82, 2.24) is 10.3 Å². The normalized spacial score (nSPS) is 10.6. The molecule has 0 bridgehead atoms. The number of hydrogen-bond acceptors (Lipinski definition) is 3. The van der Waals surface area contributed by atoms with Crippen molar-refractivity contribution in [3.63, 3.8) is 0 Å². The predicted octanol–water partition coefficient (Wildman–Crippen LogP) is 5.28. The van der Waals surface area contributed by atoms with E-state index in [-0.39, 0.29) is 23.8 Å². The molecule has 1 N–H and O–H groups in total. The van der Waals surface area contributed by atoms with Crippen molar-refractivity contribution in [2.24, 2.45) is 0 Å². The summed E-state index contributed by atoms with van der Waals surface area (Å²) >= 11 is 0. The first kappa shape index (κ1) is 24.8. The molecular formula is C30H28FN3O2. The van der Waals surface area contributed by atoms with Gasteiger partial charge < -0.3 is 10.2 Å². The molecule has 0 fully saturated rings. The second-order valence-electron chi connectivity index (χ2n) is 8.65. The van der Waals surface area contributed by atoms with Crippen LogP contribution in [0.2, 0.25) is 0 Å². The van der Waals surface area contributed by atoms with Crippen LogP contribution in [0.5, 0.6) is 0 Å². The Balaban J connectivity index is 1.45. The zero-order valence-electron chi connectivity index (χ0n) is 20.2. The monoisotopic (exact) mass is 481 g/mol. The minimum absolute atomic E-state index is 0.0778. The molecule has 0 spiro atoms. The molecule has 6 heteroatoms. The number of nitrogens with zero attached hydrogens (tertiary/aromatic N) is 2. The van der Waals surface area contributed by atoms with Crippen molar-refractivity contribution in [2.45, 2.75) is 26.3 Å². The number of anilines is 1. The van der Waals surface area contributed by atoms with Crippen LogP contribution in [0, 0.1) is 12.7 Å². The number of pyridine rings is 1. The molecule has 0 radical (unpaired) electrons. The van der Waals surface area contributed by atoms with Gasteiger partial charge in [-0.05, 0) is 60.5 Å². The quantitative estimate of drug-likeness (QED) is 0.354. The Bertz CT molecular complexity index is 1310. The molecule has 36 heavy (non-hydrogen) atoms. The van der Waals surface area contributed by atoms with Crippen LogP contribution in [-0.4, -0.2) is 23.3 Å². The third-order valence-electron chi connectivity index (χ3n) is 5.82. The van der Waals surface area contributed by atoms with Crippen LogP contribution in [0.4, 0.5) is 10.1 Å². The Labute approximate surface area is 210 Å². The number of nitrogens with one attached hydrogen (secondary N) is 1. The lowest BCUT2D eigenvalue weighted by atomic mass is 10.1. The van der Waals surface area contributed by atoms with E-state index in [4.69, 9.17) is 0 Å². The van der Waals surface area contributed by atoms with Crippen molar-refractivity contribution >= 4 is 17.5 Å². The van der Waals surface area contributed by atoms with E-state index in [1.807, 2.05) is 73.7 Å². The first-order valence-corrected chi connectivity index (χ1v) is 11.9. The maximum Gasteiger partial charge on any atom is 0.258 e. The van der Waals surface area contributed by atoms with Gasteiger partial charge in [0.15, 0.2) is 0 Å². The van der Waals surface area contributed by atoms with E-state index in [1.54, 1.807) is 17.2 Å². The molecule has 0 atom stereocenters. The number of carbonyl (C=O) groups is 2. The van der Waals surface area contributed by atoms with Crippen molar-refractivity contribution in [1.29, 1.82) is 0 Å².